The maximum atomic E-state index is 10.2. The van der Waals surface area contributed by atoms with Gasteiger partial charge in [-0.05, 0) is 38.5 Å². The fraction of sp³-hybridized carbons (Fsp3) is 0.938. The Hall–Kier alpha value is -0.990. The molecule has 0 aliphatic carbocycles. The van der Waals surface area contributed by atoms with Crippen LogP contribution in [0.5, 0.6) is 0 Å². The first-order chi connectivity index (χ1) is 37.9. The minimum atomic E-state index is -0.954. The maximum Gasteiger partial charge on any atom is 1.00 e. The van der Waals surface area contributed by atoms with Crippen LogP contribution in [-0.4, -0.2) is 352 Å². The van der Waals surface area contributed by atoms with Crippen molar-refractivity contribution >= 4 is 5.97 Å². The molecule has 0 fully saturated rings. The third-order valence-corrected chi connectivity index (χ3v) is 7.86. The van der Waals surface area contributed by atoms with Crippen LogP contribution in [0.4, 0.5) is 0 Å². The van der Waals surface area contributed by atoms with Crippen molar-refractivity contribution in [3.8, 4) is 0 Å². The van der Waals surface area contributed by atoms with Gasteiger partial charge in [0.25, 0.3) is 0 Å². The van der Waals surface area contributed by atoms with Crippen LogP contribution in [0.2, 0.25) is 0 Å². The Kier molecular flexibility index (Phi) is 139. The monoisotopic (exact) mass is 1220 g/mol. The van der Waals surface area contributed by atoms with Gasteiger partial charge in [0, 0.05) is 5.97 Å². The maximum absolute atomic E-state index is 10.2. The minimum Gasteiger partial charge on any atom is -0.550 e. The van der Waals surface area contributed by atoms with Crippen molar-refractivity contribution in [2.75, 3.05) is 132 Å². The third kappa shape index (κ3) is 149. The number of aliphatic carboxylic acids is 1. The SMILES string of the molecule is CCCCCCCC/C=C\CCCCCCCC(=O)[O-].OCC(O)CO.OCC(O)CO.OCC(O)CO.OCC(O)CO.OCC(O)CO.OCC(O)CO.OCC(O)CO.OCC(O)CO.OCC(O)CO.OCC(O)CO.[Na+]. The Bertz CT molecular complexity index is 806. The third-order valence-electron chi connectivity index (χ3n) is 7.86. The van der Waals surface area contributed by atoms with Crippen LogP contribution < -0.4 is 34.7 Å². The van der Waals surface area contributed by atoms with E-state index in [9.17, 15) is 9.90 Å². The molecule has 32 nitrogen and oxygen atoms in total. The number of carboxylic acids is 1. The van der Waals surface area contributed by atoms with Crippen LogP contribution in [0.15, 0.2) is 12.2 Å². The van der Waals surface area contributed by atoms with Gasteiger partial charge >= 0.3 is 29.6 Å². The molecule has 0 radical (unpaired) electrons. The van der Waals surface area contributed by atoms with Crippen molar-refractivity contribution in [3.05, 3.63) is 12.2 Å². The Balaban J connectivity index is -0.0000000675. The molecule has 0 aliphatic rings. The van der Waals surface area contributed by atoms with Crippen molar-refractivity contribution in [3.63, 3.8) is 0 Å². The van der Waals surface area contributed by atoms with E-state index >= 15 is 0 Å². The number of aliphatic hydroxyl groups excluding tert-OH is 30. The summed E-state index contributed by atoms with van der Waals surface area (Å²) in [7, 11) is 0. The van der Waals surface area contributed by atoms with Crippen LogP contribution in [0.3, 0.4) is 0 Å². The second kappa shape index (κ2) is 104. The van der Waals surface area contributed by atoms with Crippen LogP contribution in [0.1, 0.15) is 96.8 Å². The van der Waals surface area contributed by atoms with Gasteiger partial charge in [-0.3, -0.25) is 0 Å². The molecule has 0 atom stereocenters. The Morgan fingerprint density at radius 2 is 0.407 bits per heavy atom. The number of hydrogen-bond acceptors (Lipinski definition) is 32. The first-order valence-corrected chi connectivity index (χ1v) is 25.7. The van der Waals surface area contributed by atoms with Crippen molar-refractivity contribution in [1.29, 1.82) is 0 Å². The molecule has 0 aromatic carbocycles. The summed E-state index contributed by atoms with van der Waals surface area (Å²) >= 11 is 0. The number of rotatable bonds is 35. The fourth-order valence-electron chi connectivity index (χ4n) is 2.92. The van der Waals surface area contributed by atoms with Gasteiger partial charge in [0.15, 0.2) is 0 Å². The molecular weight excluding hydrogens is 1110 g/mol. The number of carboxylic acid groups (broad SMARTS) is 1. The summed E-state index contributed by atoms with van der Waals surface area (Å²) in [6.45, 7) is -5.04. The molecular formula is C48H113NaO32. The molecule has 81 heavy (non-hydrogen) atoms. The molecule has 0 saturated heterocycles. The van der Waals surface area contributed by atoms with E-state index in [2.05, 4.69) is 19.1 Å². The average Bonchev–Trinajstić information content (AvgIpc) is 3.50. The number of carbonyl (C=O) groups is 1. The minimum absolute atomic E-state index is 0. The van der Waals surface area contributed by atoms with Crippen LogP contribution >= 0.6 is 0 Å². The molecule has 0 heterocycles. The van der Waals surface area contributed by atoms with Crippen LogP contribution in [0, 0.1) is 0 Å². The number of aliphatic hydroxyl groups is 30. The zero-order valence-electron chi connectivity index (χ0n) is 47.7. The van der Waals surface area contributed by atoms with E-state index in [1.807, 2.05) is 0 Å². The Morgan fingerprint density at radius 1 is 0.272 bits per heavy atom. The second-order valence-electron chi connectivity index (χ2n) is 15.9. The fourth-order valence-corrected chi connectivity index (χ4v) is 2.92. The van der Waals surface area contributed by atoms with Gasteiger partial charge < -0.3 is 163 Å². The zero-order chi connectivity index (χ0) is 64.8. The molecule has 33 heteroatoms. The predicted octanol–water partition coefficient (Wildman–Crippen LogP) is -14.9. The topological polar surface area (TPSA) is 647 Å². The standard InChI is InChI=1S/C18H34O2.10C3H8O3.Na/c1-2-3-4-5-6-7-8-9-10-11-12-13-14-15-16-17-18(19)20;10*4-1-3(6)2-5;/h9-10H,2-8,11-17H2,1H3,(H,19,20);10*3-6H,1-2H2;/q;;;;;;;;;;;+1/p-1/b10-9-;;;;;;;;;;;. The van der Waals surface area contributed by atoms with Crippen molar-refractivity contribution in [2.24, 2.45) is 0 Å². The summed E-state index contributed by atoms with van der Waals surface area (Å²) in [4.78, 5) is 10.2. The first kappa shape index (κ1) is 108. The van der Waals surface area contributed by atoms with E-state index in [1.54, 1.807) is 0 Å². The van der Waals surface area contributed by atoms with Gasteiger partial charge in [0.1, 0.15) is 61.0 Å². The normalized spacial score (nSPS) is 10.2. The van der Waals surface area contributed by atoms with E-state index in [-0.39, 0.29) is 168 Å². The molecule has 0 aliphatic heterocycles. The molecule has 0 aromatic rings. The van der Waals surface area contributed by atoms with Gasteiger partial charge in [-0.15, -0.1) is 0 Å². The number of hydrogen-bond donors (Lipinski definition) is 30. The van der Waals surface area contributed by atoms with Gasteiger partial charge in [0.05, 0.1) is 132 Å². The van der Waals surface area contributed by atoms with E-state index in [0.717, 1.165) is 19.3 Å². The van der Waals surface area contributed by atoms with E-state index in [4.69, 9.17) is 153 Å². The van der Waals surface area contributed by atoms with Crippen molar-refractivity contribution < 1.29 is 193 Å². The van der Waals surface area contributed by atoms with Gasteiger partial charge in [0.2, 0.25) is 0 Å². The second-order valence-corrected chi connectivity index (χ2v) is 15.9. The summed E-state index contributed by atoms with van der Waals surface area (Å²) in [5.74, 6) is -0.914. The Labute approximate surface area is 498 Å². The van der Waals surface area contributed by atoms with E-state index < -0.39 is 67.0 Å². The molecule has 0 rings (SSSR count). The van der Waals surface area contributed by atoms with Crippen LogP contribution in [-0.2, 0) is 4.79 Å². The predicted molar refractivity (Wildman–Crippen MR) is 286 cm³/mol. The Morgan fingerprint density at radius 3 is 0.531 bits per heavy atom. The van der Waals surface area contributed by atoms with Gasteiger partial charge in [-0.2, -0.15) is 0 Å². The quantitative estimate of drug-likeness (QED) is 0.0159. The summed E-state index contributed by atoms with van der Waals surface area (Å²) in [6.07, 6.45) is 11.4. The van der Waals surface area contributed by atoms with Crippen molar-refractivity contribution in [1.82, 2.24) is 0 Å². The molecule has 30 N–H and O–H groups in total. The average molecular weight is 1230 g/mol. The molecule has 0 spiro atoms. The molecule has 0 unspecified atom stereocenters. The van der Waals surface area contributed by atoms with Gasteiger partial charge in [-0.25, -0.2) is 0 Å². The number of allylic oxidation sites excluding steroid dienone is 2. The number of carbonyl (C=O) groups excluding carboxylic acids is 1. The molecule has 0 bridgehead atoms. The number of unbranched alkanes of at least 4 members (excludes halogenated alkanes) is 11. The molecule has 498 valence electrons. The van der Waals surface area contributed by atoms with Gasteiger partial charge in [-0.1, -0.05) is 70.4 Å². The summed E-state index contributed by atoms with van der Waals surface area (Å²) in [5, 5.41) is 250. The largest absolute Gasteiger partial charge is 1.00 e. The molecule has 0 aromatic heterocycles. The first-order valence-electron chi connectivity index (χ1n) is 25.7. The van der Waals surface area contributed by atoms with Crippen LogP contribution in [0.25, 0.3) is 0 Å². The summed E-state index contributed by atoms with van der Waals surface area (Å²) in [6, 6.07) is 0. The van der Waals surface area contributed by atoms with E-state index in [1.165, 1.54) is 64.2 Å². The summed E-state index contributed by atoms with van der Waals surface area (Å²) in [5.41, 5.74) is 0. The summed E-state index contributed by atoms with van der Waals surface area (Å²) < 4.78 is 0. The zero-order valence-corrected chi connectivity index (χ0v) is 49.7. The van der Waals surface area contributed by atoms with E-state index in [0.29, 0.717) is 0 Å². The molecule has 0 saturated carbocycles. The molecule has 0 amide bonds. The van der Waals surface area contributed by atoms with Crippen molar-refractivity contribution in [2.45, 2.75) is 158 Å². The smallest absolute Gasteiger partial charge is 0.550 e.